The van der Waals surface area contributed by atoms with Crippen molar-refractivity contribution in [3.05, 3.63) is 18.1 Å². The number of anilines is 1. The highest BCUT2D eigenvalue weighted by molar-refractivity contribution is 5.78. The molecule has 0 spiro atoms. The van der Waals surface area contributed by atoms with E-state index < -0.39 is 0 Å². The fraction of sp³-hybridized carbons (Fsp3) is 0.583. The molecule has 0 atom stereocenters. The van der Waals surface area contributed by atoms with Crippen molar-refractivity contribution in [1.82, 2.24) is 15.3 Å². The van der Waals surface area contributed by atoms with Crippen molar-refractivity contribution in [2.24, 2.45) is 11.7 Å². The van der Waals surface area contributed by atoms with Crippen molar-refractivity contribution in [3.8, 4) is 0 Å². The number of piperidine rings is 1. The molecule has 0 aromatic carbocycles. The lowest BCUT2D eigenvalue weighted by Gasteiger charge is -2.31. The zero-order valence-corrected chi connectivity index (χ0v) is 10.6. The van der Waals surface area contributed by atoms with Crippen LogP contribution in [-0.2, 0) is 11.3 Å². The van der Waals surface area contributed by atoms with Gasteiger partial charge in [0, 0.05) is 32.6 Å². The summed E-state index contributed by atoms with van der Waals surface area (Å²) in [5.41, 5.74) is 6.28. The summed E-state index contributed by atoms with van der Waals surface area (Å²) in [5.74, 6) is 1.13. The van der Waals surface area contributed by atoms with Gasteiger partial charge < -0.3 is 16.0 Å². The van der Waals surface area contributed by atoms with E-state index in [1.165, 1.54) is 0 Å². The molecule has 0 saturated carbocycles. The van der Waals surface area contributed by atoms with Gasteiger partial charge in [-0.05, 0) is 12.8 Å². The second-order valence-corrected chi connectivity index (χ2v) is 4.45. The fourth-order valence-corrected chi connectivity index (χ4v) is 2.19. The minimum atomic E-state index is 0.127. The van der Waals surface area contributed by atoms with Crippen LogP contribution in [0, 0.1) is 5.92 Å². The van der Waals surface area contributed by atoms with Gasteiger partial charge in [0.25, 0.3) is 0 Å². The molecule has 1 aromatic rings. The highest BCUT2D eigenvalue weighted by Gasteiger charge is 2.24. The largest absolute Gasteiger partial charge is 0.359 e. The molecule has 0 bridgehead atoms. The Balaban J connectivity index is 1.94. The topological polar surface area (TPSA) is 84.1 Å². The molecule has 0 aliphatic carbocycles. The fourth-order valence-electron chi connectivity index (χ4n) is 2.19. The van der Waals surface area contributed by atoms with E-state index in [1.807, 2.05) is 0 Å². The highest BCUT2D eigenvalue weighted by atomic mass is 16.1. The Hall–Kier alpha value is -1.69. The van der Waals surface area contributed by atoms with Gasteiger partial charge in [0.2, 0.25) is 5.91 Å². The summed E-state index contributed by atoms with van der Waals surface area (Å²) >= 11 is 0. The van der Waals surface area contributed by atoms with Gasteiger partial charge in [0.1, 0.15) is 5.82 Å². The van der Waals surface area contributed by atoms with Crippen LogP contribution in [-0.4, -0.2) is 36.0 Å². The molecule has 2 rings (SSSR count). The van der Waals surface area contributed by atoms with Crippen molar-refractivity contribution in [3.63, 3.8) is 0 Å². The maximum atomic E-state index is 11.5. The number of carbonyl (C=O) groups is 1. The lowest BCUT2D eigenvalue weighted by atomic mass is 9.96. The normalized spacial score (nSPS) is 16.7. The first-order valence-electron chi connectivity index (χ1n) is 6.22. The van der Waals surface area contributed by atoms with E-state index in [-0.39, 0.29) is 11.8 Å². The molecule has 18 heavy (non-hydrogen) atoms. The van der Waals surface area contributed by atoms with Crippen molar-refractivity contribution in [1.29, 1.82) is 0 Å². The van der Waals surface area contributed by atoms with Crippen LogP contribution in [0.15, 0.2) is 12.4 Å². The quantitative estimate of drug-likeness (QED) is 0.781. The van der Waals surface area contributed by atoms with Gasteiger partial charge in [-0.15, -0.1) is 0 Å². The third-order valence-corrected chi connectivity index (χ3v) is 3.34. The number of nitrogens with one attached hydrogen (secondary N) is 1. The monoisotopic (exact) mass is 249 g/mol. The van der Waals surface area contributed by atoms with Gasteiger partial charge in [0.15, 0.2) is 0 Å². The van der Waals surface area contributed by atoms with E-state index >= 15 is 0 Å². The highest BCUT2D eigenvalue weighted by Crippen LogP contribution is 2.21. The van der Waals surface area contributed by atoms with Crippen molar-refractivity contribution < 1.29 is 4.79 Å². The maximum Gasteiger partial charge on any atom is 0.222 e. The molecular formula is C12H19N5O. The second-order valence-electron chi connectivity index (χ2n) is 4.45. The van der Waals surface area contributed by atoms with E-state index in [2.05, 4.69) is 20.2 Å². The summed E-state index contributed by atoms with van der Waals surface area (Å²) in [6.07, 6.45) is 5.18. The van der Waals surface area contributed by atoms with Crippen LogP contribution < -0.4 is 16.0 Å². The van der Waals surface area contributed by atoms with Crippen LogP contribution in [0.2, 0.25) is 0 Å². The molecule has 6 heteroatoms. The lowest BCUT2D eigenvalue weighted by Crippen LogP contribution is -2.40. The first-order chi connectivity index (χ1) is 8.74. The number of rotatable bonds is 3. The third kappa shape index (κ3) is 2.76. The summed E-state index contributed by atoms with van der Waals surface area (Å²) in [5, 5.41) is 2.71. The van der Waals surface area contributed by atoms with Crippen LogP contribution in [0.4, 0.5) is 5.82 Å². The van der Waals surface area contributed by atoms with Crippen LogP contribution in [0.25, 0.3) is 0 Å². The smallest absolute Gasteiger partial charge is 0.222 e. The molecule has 1 aromatic heterocycles. The van der Waals surface area contributed by atoms with E-state index in [9.17, 15) is 4.79 Å². The number of nitrogens with zero attached hydrogens (tertiary/aromatic N) is 3. The van der Waals surface area contributed by atoms with Gasteiger partial charge in [-0.1, -0.05) is 0 Å². The van der Waals surface area contributed by atoms with E-state index in [4.69, 9.17) is 5.73 Å². The molecular weight excluding hydrogens is 230 g/mol. The first-order valence-corrected chi connectivity index (χ1v) is 6.22. The van der Waals surface area contributed by atoms with Crippen molar-refractivity contribution >= 4 is 11.7 Å². The predicted molar refractivity (Wildman–Crippen MR) is 68.9 cm³/mol. The van der Waals surface area contributed by atoms with Gasteiger partial charge in [-0.3, -0.25) is 9.78 Å². The lowest BCUT2D eigenvalue weighted by molar-refractivity contribution is -0.125. The number of hydrogen-bond donors (Lipinski definition) is 2. The Labute approximate surface area is 107 Å². The summed E-state index contributed by atoms with van der Waals surface area (Å²) in [4.78, 5) is 22.3. The standard InChI is InChI=1S/C12H19N5O/c1-14-12(18)9-2-4-17(5-3-9)11-8-15-10(6-13)7-16-11/h7-9H,2-6,13H2,1H3,(H,14,18). The molecule has 98 valence electrons. The minimum absolute atomic E-state index is 0.127. The van der Waals surface area contributed by atoms with Gasteiger partial charge in [-0.25, -0.2) is 4.98 Å². The minimum Gasteiger partial charge on any atom is -0.359 e. The van der Waals surface area contributed by atoms with E-state index in [0.29, 0.717) is 6.54 Å². The average Bonchev–Trinajstić information content (AvgIpc) is 2.47. The number of carbonyl (C=O) groups excluding carboxylic acids is 1. The number of amides is 1. The molecule has 3 N–H and O–H groups in total. The van der Waals surface area contributed by atoms with Crippen molar-refractivity contribution in [2.75, 3.05) is 25.0 Å². The maximum absolute atomic E-state index is 11.5. The Bertz CT molecular complexity index is 397. The molecule has 1 fully saturated rings. The van der Waals surface area contributed by atoms with Crippen LogP contribution in [0.3, 0.4) is 0 Å². The van der Waals surface area contributed by atoms with Crippen molar-refractivity contribution in [2.45, 2.75) is 19.4 Å². The number of nitrogens with two attached hydrogens (primary N) is 1. The van der Waals surface area contributed by atoms with Gasteiger partial charge in [-0.2, -0.15) is 0 Å². The Morgan fingerprint density at radius 3 is 2.67 bits per heavy atom. The summed E-state index contributed by atoms with van der Waals surface area (Å²) in [7, 11) is 1.69. The molecule has 1 saturated heterocycles. The van der Waals surface area contributed by atoms with E-state index in [1.54, 1.807) is 19.4 Å². The molecule has 0 radical (unpaired) electrons. The Kier molecular flexibility index (Phi) is 4.09. The number of hydrogen-bond acceptors (Lipinski definition) is 5. The molecule has 1 amide bonds. The molecule has 1 aliphatic heterocycles. The summed E-state index contributed by atoms with van der Waals surface area (Å²) in [6.45, 7) is 2.09. The second kappa shape index (κ2) is 5.77. The van der Waals surface area contributed by atoms with Gasteiger partial charge in [0.05, 0.1) is 18.1 Å². The SMILES string of the molecule is CNC(=O)C1CCN(c2cnc(CN)cn2)CC1. The van der Waals surface area contributed by atoms with E-state index in [0.717, 1.165) is 37.4 Å². The average molecular weight is 249 g/mol. The molecule has 1 aliphatic rings. The van der Waals surface area contributed by atoms with Crippen LogP contribution in [0.5, 0.6) is 0 Å². The Morgan fingerprint density at radius 2 is 2.17 bits per heavy atom. The summed E-state index contributed by atoms with van der Waals surface area (Å²) in [6, 6.07) is 0. The molecule has 2 heterocycles. The summed E-state index contributed by atoms with van der Waals surface area (Å²) < 4.78 is 0. The zero-order valence-electron chi connectivity index (χ0n) is 10.6. The Morgan fingerprint density at radius 1 is 1.44 bits per heavy atom. The van der Waals surface area contributed by atoms with Crippen LogP contribution >= 0.6 is 0 Å². The molecule has 0 unspecified atom stereocenters. The molecule has 6 nitrogen and oxygen atoms in total. The van der Waals surface area contributed by atoms with Gasteiger partial charge >= 0.3 is 0 Å². The van der Waals surface area contributed by atoms with Crippen LogP contribution in [0.1, 0.15) is 18.5 Å². The number of aromatic nitrogens is 2. The first kappa shape index (κ1) is 12.8. The predicted octanol–water partition coefficient (Wildman–Crippen LogP) is -0.102. The zero-order chi connectivity index (χ0) is 13.0. The third-order valence-electron chi connectivity index (χ3n) is 3.34.